The summed E-state index contributed by atoms with van der Waals surface area (Å²) in [4.78, 5) is 11.1. The molecule has 6 nitrogen and oxygen atoms in total. The molecule has 3 rings (SSSR count). The van der Waals surface area contributed by atoms with Gasteiger partial charge in [-0.05, 0) is 50.2 Å². The van der Waals surface area contributed by atoms with Crippen LogP contribution in [0.2, 0.25) is 5.02 Å². The summed E-state index contributed by atoms with van der Waals surface area (Å²) in [5, 5.41) is 16.5. The lowest BCUT2D eigenvalue weighted by Gasteiger charge is -2.38. The first-order chi connectivity index (χ1) is 11.8. The van der Waals surface area contributed by atoms with Gasteiger partial charge in [-0.2, -0.15) is 5.11 Å². The largest absolute Gasteiger partial charge is 0.487 e. The summed E-state index contributed by atoms with van der Waals surface area (Å²) in [6, 6.07) is 9.87. The van der Waals surface area contributed by atoms with Gasteiger partial charge in [-0.1, -0.05) is 11.6 Å². The number of carboxylic acid groups (broad SMARTS) is 1. The molecule has 1 aliphatic rings. The Morgan fingerprint density at radius 2 is 2.12 bits per heavy atom. The number of carbonyl (C=O) groups is 1. The molecule has 0 aliphatic carbocycles. The number of ether oxygens (including phenoxy) is 1. The van der Waals surface area contributed by atoms with Crippen molar-refractivity contribution in [1.29, 1.82) is 5.53 Å². The summed E-state index contributed by atoms with van der Waals surface area (Å²) in [5.41, 5.74) is 8.84. The van der Waals surface area contributed by atoms with Crippen molar-refractivity contribution in [2.45, 2.75) is 31.9 Å². The van der Waals surface area contributed by atoms with Gasteiger partial charge in [0.15, 0.2) is 0 Å². The minimum Gasteiger partial charge on any atom is -0.487 e. The molecule has 0 amide bonds. The van der Waals surface area contributed by atoms with Crippen molar-refractivity contribution in [2.75, 3.05) is 5.32 Å². The van der Waals surface area contributed by atoms with Crippen LogP contribution in [-0.2, 0) is 0 Å². The van der Waals surface area contributed by atoms with E-state index in [1.54, 1.807) is 12.1 Å². The summed E-state index contributed by atoms with van der Waals surface area (Å²) in [5.74, 6) is -0.301. The van der Waals surface area contributed by atoms with Crippen LogP contribution < -0.4 is 10.1 Å². The number of rotatable bonds is 4. The van der Waals surface area contributed by atoms with Crippen molar-refractivity contribution in [3.05, 3.63) is 52.5 Å². The molecule has 1 aliphatic heterocycles. The second kappa shape index (κ2) is 6.37. The van der Waals surface area contributed by atoms with Gasteiger partial charge in [0.05, 0.1) is 17.3 Å². The van der Waals surface area contributed by atoms with Gasteiger partial charge in [0.2, 0.25) is 0 Å². The molecule has 1 unspecified atom stereocenters. The standard InChI is InChI=1S/C18H18ClN3O3/c1-18(2)9-15(12-8-11(19)4-6-16(12)25-18)21-13-5-3-10(17(23)24)7-14(13)22-20/h3-8,15,20-21H,9H2,1-2H3,(H,23,24). The van der Waals surface area contributed by atoms with Crippen molar-refractivity contribution >= 4 is 28.9 Å². The Morgan fingerprint density at radius 1 is 1.36 bits per heavy atom. The fourth-order valence-electron chi connectivity index (χ4n) is 3.02. The number of carboxylic acids is 1. The maximum atomic E-state index is 11.1. The number of hydrogen-bond donors (Lipinski definition) is 3. The Hall–Kier alpha value is -2.60. The van der Waals surface area contributed by atoms with Crippen molar-refractivity contribution in [2.24, 2.45) is 5.11 Å². The topological polar surface area (TPSA) is 94.8 Å². The van der Waals surface area contributed by atoms with Gasteiger partial charge >= 0.3 is 5.97 Å². The zero-order valence-electron chi connectivity index (χ0n) is 13.8. The van der Waals surface area contributed by atoms with Crippen LogP contribution in [0.1, 0.15) is 42.2 Å². The number of hydrogen-bond acceptors (Lipinski definition) is 5. The summed E-state index contributed by atoms with van der Waals surface area (Å²) >= 11 is 6.13. The lowest BCUT2D eigenvalue weighted by Crippen LogP contribution is -2.37. The summed E-state index contributed by atoms with van der Waals surface area (Å²) in [6.45, 7) is 4.01. The van der Waals surface area contributed by atoms with E-state index in [0.717, 1.165) is 11.3 Å². The number of aromatic carboxylic acids is 1. The van der Waals surface area contributed by atoms with E-state index in [-0.39, 0.29) is 22.9 Å². The Bertz CT molecular complexity index is 851. The van der Waals surface area contributed by atoms with Crippen LogP contribution in [-0.4, -0.2) is 16.7 Å². The third-order valence-corrected chi connectivity index (χ3v) is 4.36. The molecule has 2 aromatic rings. The van der Waals surface area contributed by atoms with Crippen LogP contribution in [0.5, 0.6) is 5.75 Å². The molecule has 7 heteroatoms. The average Bonchev–Trinajstić information content (AvgIpc) is 2.55. The van der Waals surface area contributed by atoms with Gasteiger partial charge in [0.1, 0.15) is 17.0 Å². The maximum absolute atomic E-state index is 11.1. The van der Waals surface area contributed by atoms with E-state index in [1.165, 1.54) is 12.1 Å². The van der Waals surface area contributed by atoms with Crippen molar-refractivity contribution in [1.82, 2.24) is 0 Å². The van der Waals surface area contributed by atoms with E-state index < -0.39 is 5.97 Å². The molecule has 1 heterocycles. The van der Waals surface area contributed by atoms with E-state index >= 15 is 0 Å². The summed E-state index contributed by atoms with van der Waals surface area (Å²) in [7, 11) is 0. The molecule has 0 saturated heterocycles. The molecule has 0 saturated carbocycles. The average molecular weight is 360 g/mol. The third kappa shape index (κ3) is 3.58. The smallest absolute Gasteiger partial charge is 0.335 e. The fraction of sp³-hybridized carbons (Fsp3) is 0.278. The normalized spacial score (nSPS) is 18.0. The molecule has 0 bridgehead atoms. The molecule has 2 aromatic carbocycles. The molecule has 25 heavy (non-hydrogen) atoms. The highest BCUT2D eigenvalue weighted by Crippen LogP contribution is 2.43. The second-order valence-corrected chi connectivity index (χ2v) is 7.03. The molecule has 3 N–H and O–H groups in total. The second-order valence-electron chi connectivity index (χ2n) is 6.59. The van der Waals surface area contributed by atoms with Crippen LogP contribution in [0.15, 0.2) is 41.5 Å². The molecule has 1 atom stereocenters. The molecule has 0 aromatic heterocycles. The highest BCUT2D eigenvalue weighted by molar-refractivity contribution is 6.30. The Labute approximate surface area is 150 Å². The summed E-state index contributed by atoms with van der Waals surface area (Å²) in [6.07, 6.45) is 0.679. The van der Waals surface area contributed by atoms with Gasteiger partial charge in [-0.25, -0.2) is 10.3 Å². The van der Waals surface area contributed by atoms with E-state index in [4.69, 9.17) is 27.0 Å². The maximum Gasteiger partial charge on any atom is 0.335 e. The lowest BCUT2D eigenvalue weighted by atomic mass is 9.89. The Kier molecular flexibility index (Phi) is 4.39. The Morgan fingerprint density at radius 3 is 2.80 bits per heavy atom. The van der Waals surface area contributed by atoms with Crippen molar-refractivity contribution < 1.29 is 14.6 Å². The number of fused-ring (bicyclic) bond motifs is 1. The first kappa shape index (κ1) is 17.2. The Balaban J connectivity index is 1.99. The quantitative estimate of drug-likeness (QED) is 0.635. The first-order valence-electron chi connectivity index (χ1n) is 7.79. The van der Waals surface area contributed by atoms with E-state index in [2.05, 4.69) is 10.4 Å². The summed E-state index contributed by atoms with van der Waals surface area (Å²) < 4.78 is 6.01. The number of anilines is 1. The minimum atomic E-state index is -1.05. The zero-order chi connectivity index (χ0) is 18.2. The van der Waals surface area contributed by atoms with Gasteiger partial charge in [0.25, 0.3) is 0 Å². The van der Waals surface area contributed by atoms with E-state index in [9.17, 15) is 4.79 Å². The SMILES string of the molecule is CC1(C)CC(Nc2ccc(C(=O)O)cc2N=N)c2cc(Cl)ccc2O1. The highest BCUT2D eigenvalue weighted by atomic mass is 35.5. The van der Waals surface area contributed by atoms with E-state index in [0.29, 0.717) is 17.1 Å². The van der Waals surface area contributed by atoms with Crippen LogP contribution in [0.4, 0.5) is 11.4 Å². The number of halogens is 1. The van der Waals surface area contributed by atoms with Crippen molar-refractivity contribution in [3.63, 3.8) is 0 Å². The predicted octanol–water partition coefficient (Wildman–Crippen LogP) is 5.41. The minimum absolute atomic E-state index is 0.0901. The molecule has 0 fully saturated rings. The van der Waals surface area contributed by atoms with Gasteiger partial charge in [0, 0.05) is 17.0 Å². The zero-order valence-corrected chi connectivity index (χ0v) is 14.6. The highest BCUT2D eigenvalue weighted by Gasteiger charge is 2.34. The van der Waals surface area contributed by atoms with Crippen LogP contribution in [0.25, 0.3) is 0 Å². The number of nitrogens with zero attached hydrogens (tertiary/aromatic N) is 1. The van der Waals surface area contributed by atoms with Gasteiger partial charge in [-0.15, -0.1) is 0 Å². The molecular weight excluding hydrogens is 342 g/mol. The monoisotopic (exact) mass is 359 g/mol. The third-order valence-electron chi connectivity index (χ3n) is 4.12. The molecule has 0 radical (unpaired) electrons. The number of nitrogens with one attached hydrogen (secondary N) is 2. The molecular formula is C18H18ClN3O3. The molecule has 0 spiro atoms. The number of benzene rings is 2. The molecule has 130 valence electrons. The van der Waals surface area contributed by atoms with Gasteiger partial charge < -0.3 is 15.2 Å². The lowest BCUT2D eigenvalue weighted by molar-refractivity contribution is 0.0696. The van der Waals surface area contributed by atoms with Gasteiger partial charge in [-0.3, -0.25) is 0 Å². The van der Waals surface area contributed by atoms with Crippen LogP contribution in [0, 0.1) is 5.53 Å². The van der Waals surface area contributed by atoms with E-state index in [1.807, 2.05) is 26.0 Å². The van der Waals surface area contributed by atoms with Crippen LogP contribution in [0.3, 0.4) is 0 Å². The van der Waals surface area contributed by atoms with Crippen LogP contribution >= 0.6 is 11.6 Å². The van der Waals surface area contributed by atoms with Crippen molar-refractivity contribution in [3.8, 4) is 5.75 Å². The fourth-order valence-corrected chi connectivity index (χ4v) is 3.20. The first-order valence-corrected chi connectivity index (χ1v) is 8.17. The predicted molar refractivity (Wildman–Crippen MR) is 95.3 cm³/mol.